The van der Waals surface area contributed by atoms with E-state index >= 15 is 0 Å². The molecule has 2 fully saturated rings. The van der Waals surface area contributed by atoms with Gasteiger partial charge in [-0.1, -0.05) is 19.1 Å². The van der Waals surface area contributed by atoms with Crippen molar-refractivity contribution < 1.29 is 9.90 Å². The second kappa shape index (κ2) is 5.97. The van der Waals surface area contributed by atoms with Crippen LogP contribution < -0.4 is 0 Å². The minimum Gasteiger partial charge on any atom is -0.392 e. The molecular formula is C16H19IO2S. The van der Waals surface area contributed by atoms with Gasteiger partial charge in [0.25, 0.3) is 0 Å². The van der Waals surface area contributed by atoms with Gasteiger partial charge in [-0.15, -0.1) is 0 Å². The number of fused-ring (bicyclic) bond motifs is 2. The Bertz CT molecular complexity index is 502. The number of carbonyl (C=O) groups is 1. The third-order valence-corrected chi connectivity index (χ3v) is 6.97. The average Bonchev–Trinajstić information content (AvgIpc) is 2.74. The summed E-state index contributed by atoms with van der Waals surface area (Å²) in [6.07, 6.45) is 2.14. The van der Waals surface area contributed by atoms with Gasteiger partial charge in [0, 0.05) is 26.4 Å². The lowest BCUT2D eigenvalue weighted by Crippen LogP contribution is -2.37. The fraction of sp³-hybridized carbons (Fsp3) is 0.562. The van der Waals surface area contributed by atoms with E-state index in [4.69, 9.17) is 0 Å². The molecule has 2 bridgehead atoms. The molecule has 2 saturated heterocycles. The Balaban J connectivity index is 1.95. The number of ketones is 1. The smallest absolute Gasteiger partial charge is 0.137 e. The van der Waals surface area contributed by atoms with E-state index in [1.165, 1.54) is 9.13 Å². The third kappa shape index (κ3) is 2.66. The Kier molecular flexibility index (Phi) is 4.43. The molecule has 5 atom stereocenters. The predicted molar refractivity (Wildman–Crippen MR) is 91.1 cm³/mol. The number of hydrogen-bond acceptors (Lipinski definition) is 3. The zero-order chi connectivity index (χ0) is 14.3. The molecule has 1 aromatic rings. The van der Waals surface area contributed by atoms with E-state index in [-0.39, 0.29) is 23.2 Å². The van der Waals surface area contributed by atoms with E-state index in [0.29, 0.717) is 17.5 Å². The lowest BCUT2D eigenvalue weighted by atomic mass is 9.78. The maximum absolute atomic E-state index is 12.4. The number of hydrogen-bond donors (Lipinski definition) is 1. The highest BCUT2D eigenvalue weighted by molar-refractivity contribution is 14.1. The van der Waals surface area contributed by atoms with Gasteiger partial charge >= 0.3 is 0 Å². The molecule has 2 aliphatic heterocycles. The minimum atomic E-state index is -0.306. The van der Waals surface area contributed by atoms with Crippen LogP contribution in [0.5, 0.6) is 0 Å². The van der Waals surface area contributed by atoms with Crippen molar-refractivity contribution in [1.82, 2.24) is 0 Å². The zero-order valence-corrected chi connectivity index (χ0v) is 14.4. The van der Waals surface area contributed by atoms with Crippen molar-refractivity contribution in [2.24, 2.45) is 5.92 Å². The molecule has 0 radical (unpaired) electrons. The molecule has 0 aromatic heterocycles. The van der Waals surface area contributed by atoms with Gasteiger partial charge in [0.1, 0.15) is 5.78 Å². The quantitative estimate of drug-likeness (QED) is 0.786. The Hall–Kier alpha value is -0.0700. The Morgan fingerprint density at radius 3 is 2.70 bits per heavy atom. The van der Waals surface area contributed by atoms with Gasteiger partial charge in [-0.3, -0.25) is 4.79 Å². The molecule has 3 rings (SSSR count). The summed E-state index contributed by atoms with van der Waals surface area (Å²) >= 11 is 4.15. The standard InChI is InChI=1S/C16H19IO2S/c1-2-13(18)15-12(9-3-5-10(17)6-4-9)7-11-8-14(19)16(15)20-11/h3-6,11-12,14-16,19H,2,7-8H2,1H3/t11?,12-,14?,15-,16-/m1/s1. The third-order valence-electron chi connectivity index (χ3n) is 4.56. The highest BCUT2D eigenvalue weighted by atomic mass is 127. The Labute approximate surface area is 137 Å². The number of carbonyl (C=O) groups excluding carboxylic acids is 1. The second-order valence-corrected chi connectivity index (χ2v) is 8.49. The van der Waals surface area contributed by atoms with Crippen LogP contribution in [-0.4, -0.2) is 27.5 Å². The van der Waals surface area contributed by atoms with Crippen LogP contribution >= 0.6 is 34.4 Å². The molecular weight excluding hydrogens is 383 g/mol. The molecule has 4 heteroatoms. The molecule has 2 aliphatic rings. The summed E-state index contributed by atoms with van der Waals surface area (Å²) in [5.74, 6) is 0.581. The van der Waals surface area contributed by atoms with Crippen molar-refractivity contribution in [2.45, 2.75) is 48.7 Å². The molecule has 1 N–H and O–H groups in total. The van der Waals surface area contributed by atoms with Gasteiger partial charge in [-0.05, 0) is 59.0 Å². The van der Waals surface area contributed by atoms with E-state index in [1.54, 1.807) is 0 Å². The highest BCUT2D eigenvalue weighted by Gasteiger charge is 2.50. The molecule has 1 aromatic carbocycles. The molecule has 0 aliphatic carbocycles. The van der Waals surface area contributed by atoms with Crippen LogP contribution in [-0.2, 0) is 4.79 Å². The van der Waals surface area contributed by atoms with E-state index in [2.05, 4.69) is 46.9 Å². The Morgan fingerprint density at radius 2 is 2.05 bits per heavy atom. The number of rotatable bonds is 3. The lowest BCUT2D eigenvalue weighted by Gasteiger charge is -2.36. The number of halogens is 1. The van der Waals surface area contributed by atoms with Crippen molar-refractivity contribution in [3.8, 4) is 0 Å². The highest BCUT2D eigenvalue weighted by Crippen LogP contribution is 2.53. The summed E-state index contributed by atoms with van der Waals surface area (Å²) in [5, 5.41) is 10.9. The molecule has 2 heterocycles. The monoisotopic (exact) mass is 402 g/mol. The molecule has 20 heavy (non-hydrogen) atoms. The fourth-order valence-corrected chi connectivity index (χ4v) is 5.84. The van der Waals surface area contributed by atoms with Crippen molar-refractivity contribution in [1.29, 1.82) is 0 Å². The van der Waals surface area contributed by atoms with Gasteiger partial charge in [0.2, 0.25) is 0 Å². The number of Topliss-reactive ketones (excluding diaryl/α,β-unsaturated/α-hetero) is 1. The molecule has 2 unspecified atom stereocenters. The lowest BCUT2D eigenvalue weighted by molar-refractivity contribution is -0.123. The maximum Gasteiger partial charge on any atom is 0.137 e. The molecule has 0 amide bonds. The summed E-state index contributed by atoms with van der Waals surface area (Å²) in [4.78, 5) is 12.4. The number of aliphatic hydroxyl groups excluding tert-OH is 1. The SMILES string of the molecule is CCC(=O)[C@H]1[C@@H](c2ccc(I)cc2)CC2CC(O)[C@H]1S2. The van der Waals surface area contributed by atoms with E-state index in [0.717, 1.165) is 12.8 Å². The number of thioether (sulfide) groups is 1. The first-order valence-electron chi connectivity index (χ1n) is 7.22. The second-order valence-electron chi connectivity index (χ2n) is 5.77. The van der Waals surface area contributed by atoms with Crippen LogP contribution in [0.1, 0.15) is 37.7 Å². The first-order chi connectivity index (χ1) is 9.60. The van der Waals surface area contributed by atoms with Crippen LogP contribution in [0.15, 0.2) is 24.3 Å². The number of aliphatic hydroxyl groups is 1. The van der Waals surface area contributed by atoms with Crippen LogP contribution in [0.2, 0.25) is 0 Å². The van der Waals surface area contributed by atoms with Crippen LogP contribution in [0, 0.1) is 9.49 Å². The van der Waals surface area contributed by atoms with Gasteiger partial charge in [0.05, 0.1) is 6.10 Å². The van der Waals surface area contributed by atoms with Gasteiger partial charge in [0.15, 0.2) is 0 Å². The summed E-state index contributed by atoms with van der Waals surface area (Å²) in [5.41, 5.74) is 1.27. The van der Waals surface area contributed by atoms with Crippen molar-refractivity contribution in [3.63, 3.8) is 0 Å². The first kappa shape index (κ1) is 14.9. The van der Waals surface area contributed by atoms with Crippen LogP contribution in [0.25, 0.3) is 0 Å². The molecule has 0 saturated carbocycles. The largest absolute Gasteiger partial charge is 0.392 e. The number of benzene rings is 1. The van der Waals surface area contributed by atoms with Crippen LogP contribution in [0.4, 0.5) is 0 Å². The predicted octanol–water partition coefficient (Wildman–Crippen LogP) is 3.61. The van der Waals surface area contributed by atoms with Crippen molar-refractivity contribution >= 4 is 40.1 Å². The minimum absolute atomic E-state index is 0.0150. The van der Waals surface area contributed by atoms with Gasteiger partial charge in [-0.25, -0.2) is 0 Å². The topological polar surface area (TPSA) is 37.3 Å². The van der Waals surface area contributed by atoms with Crippen molar-refractivity contribution in [3.05, 3.63) is 33.4 Å². The first-order valence-corrected chi connectivity index (χ1v) is 9.24. The van der Waals surface area contributed by atoms with Crippen molar-refractivity contribution in [2.75, 3.05) is 0 Å². The molecule has 0 spiro atoms. The van der Waals surface area contributed by atoms with Gasteiger partial charge < -0.3 is 5.11 Å². The normalized spacial score (nSPS) is 36.0. The molecule has 108 valence electrons. The maximum atomic E-state index is 12.4. The average molecular weight is 402 g/mol. The van der Waals surface area contributed by atoms with Gasteiger partial charge in [-0.2, -0.15) is 11.8 Å². The summed E-state index contributed by atoms with van der Waals surface area (Å²) in [7, 11) is 0. The Morgan fingerprint density at radius 1 is 1.35 bits per heavy atom. The summed E-state index contributed by atoms with van der Waals surface area (Å²) < 4.78 is 1.22. The summed E-state index contributed by atoms with van der Waals surface area (Å²) in [6.45, 7) is 1.94. The summed E-state index contributed by atoms with van der Waals surface area (Å²) in [6, 6.07) is 8.54. The van der Waals surface area contributed by atoms with E-state index < -0.39 is 0 Å². The van der Waals surface area contributed by atoms with E-state index in [9.17, 15) is 9.90 Å². The fourth-order valence-electron chi connectivity index (χ4n) is 3.60. The molecule has 2 nitrogen and oxygen atoms in total. The zero-order valence-electron chi connectivity index (χ0n) is 11.5. The van der Waals surface area contributed by atoms with Crippen LogP contribution in [0.3, 0.4) is 0 Å². The van der Waals surface area contributed by atoms with E-state index in [1.807, 2.05) is 18.7 Å².